The molecule has 0 aliphatic heterocycles. The summed E-state index contributed by atoms with van der Waals surface area (Å²) in [4.78, 5) is 26.6. The van der Waals surface area contributed by atoms with Gasteiger partial charge in [-0.2, -0.15) is 0 Å². The molecule has 1 atom stereocenters. The Balaban J connectivity index is 1.49. The Labute approximate surface area is 160 Å². The number of para-hydroxylation sites is 1. The van der Waals surface area contributed by atoms with Crippen LogP contribution in [0, 0.1) is 5.82 Å². The highest BCUT2D eigenvalue weighted by Crippen LogP contribution is 2.19. The first kappa shape index (κ1) is 19.2. The molecule has 0 spiro atoms. The van der Waals surface area contributed by atoms with Gasteiger partial charge in [0.05, 0.1) is 6.54 Å². The van der Waals surface area contributed by atoms with Gasteiger partial charge in [0.1, 0.15) is 24.2 Å². The Morgan fingerprint density at radius 2 is 1.89 bits per heavy atom. The van der Waals surface area contributed by atoms with E-state index in [0.29, 0.717) is 5.75 Å². The summed E-state index contributed by atoms with van der Waals surface area (Å²) in [6, 6.07) is 11.4. The molecule has 4 N–H and O–H groups in total. The van der Waals surface area contributed by atoms with Gasteiger partial charge in [0.2, 0.25) is 0 Å². The molecule has 146 valence electrons. The molecule has 1 heterocycles. The van der Waals surface area contributed by atoms with Gasteiger partial charge in [-0.3, -0.25) is 0 Å². The van der Waals surface area contributed by atoms with E-state index in [4.69, 9.17) is 4.74 Å². The van der Waals surface area contributed by atoms with E-state index >= 15 is 0 Å². The number of H-pyrrole nitrogens is 1. The summed E-state index contributed by atoms with van der Waals surface area (Å²) in [5.41, 5.74) is 1.71. The standard InChI is InChI=1S/C20H20FN3O4/c21-14-5-7-15(8-6-14)28-10-9-22-20(27)24-18(19(25)26)11-13-12-23-17-4-2-1-3-16(13)17/h1-8,12,18,23H,9-11H2,(H,25,26)(H2,22,24,27). The van der Waals surface area contributed by atoms with Crippen molar-refractivity contribution < 1.29 is 23.8 Å². The first-order valence-electron chi connectivity index (χ1n) is 8.73. The van der Waals surface area contributed by atoms with Crippen LogP contribution in [0.1, 0.15) is 5.56 Å². The summed E-state index contributed by atoms with van der Waals surface area (Å²) in [6.07, 6.45) is 1.90. The van der Waals surface area contributed by atoms with Crippen molar-refractivity contribution >= 4 is 22.9 Å². The average molecular weight is 385 g/mol. The number of amides is 2. The molecular formula is C20H20FN3O4. The molecule has 2 aromatic carbocycles. The largest absolute Gasteiger partial charge is 0.492 e. The van der Waals surface area contributed by atoms with Crippen LogP contribution in [0.15, 0.2) is 54.7 Å². The minimum atomic E-state index is -1.12. The molecule has 3 aromatic rings. The Hall–Kier alpha value is -3.55. The summed E-state index contributed by atoms with van der Waals surface area (Å²) in [5.74, 6) is -1.01. The van der Waals surface area contributed by atoms with Gasteiger partial charge in [-0.05, 0) is 35.9 Å². The molecule has 1 aromatic heterocycles. The second-order valence-corrected chi connectivity index (χ2v) is 6.16. The summed E-state index contributed by atoms with van der Waals surface area (Å²) in [7, 11) is 0. The van der Waals surface area contributed by atoms with Gasteiger partial charge in [0.15, 0.2) is 0 Å². The van der Waals surface area contributed by atoms with E-state index in [2.05, 4.69) is 15.6 Å². The molecule has 28 heavy (non-hydrogen) atoms. The lowest BCUT2D eigenvalue weighted by Gasteiger charge is -2.15. The third-order valence-corrected chi connectivity index (χ3v) is 4.17. The quantitative estimate of drug-likeness (QED) is 0.448. The van der Waals surface area contributed by atoms with E-state index in [1.807, 2.05) is 24.3 Å². The molecule has 2 amide bonds. The molecule has 8 heteroatoms. The molecule has 0 radical (unpaired) electrons. The first-order chi connectivity index (χ1) is 13.5. The van der Waals surface area contributed by atoms with Crippen molar-refractivity contribution in [2.75, 3.05) is 13.2 Å². The SMILES string of the molecule is O=C(NCCOc1ccc(F)cc1)NC(Cc1c[nH]c2ccccc12)C(=O)O. The Bertz CT molecular complexity index is 955. The predicted octanol–water partition coefficient (Wildman–Crippen LogP) is 2.68. The molecule has 7 nitrogen and oxygen atoms in total. The van der Waals surface area contributed by atoms with Crippen LogP contribution in [0.3, 0.4) is 0 Å². The van der Waals surface area contributed by atoms with Gasteiger partial charge in [-0.25, -0.2) is 14.0 Å². The second kappa shape index (κ2) is 8.90. The highest BCUT2D eigenvalue weighted by molar-refractivity contribution is 5.86. The normalized spacial score (nSPS) is 11.8. The maximum atomic E-state index is 12.8. The number of aliphatic carboxylic acids is 1. The number of rotatable bonds is 8. The van der Waals surface area contributed by atoms with Crippen molar-refractivity contribution in [1.29, 1.82) is 0 Å². The lowest BCUT2D eigenvalue weighted by molar-refractivity contribution is -0.139. The third-order valence-electron chi connectivity index (χ3n) is 4.17. The zero-order chi connectivity index (χ0) is 19.9. The van der Waals surface area contributed by atoms with Crippen molar-refractivity contribution in [3.63, 3.8) is 0 Å². The first-order valence-corrected chi connectivity index (χ1v) is 8.73. The van der Waals surface area contributed by atoms with Gasteiger partial charge in [-0.15, -0.1) is 0 Å². The van der Waals surface area contributed by atoms with Crippen molar-refractivity contribution in [3.05, 3.63) is 66.1 Å². The van der Waals surface area contributed by atoms with E-state index in [1.165, 1.54) is 24.3 Å². The van der Waals surface area contributed by atoms with Crippen LogP contribution in [-0.2, 0) is 11.2 Å². The molecule has 3 rings (SSSR count). The summed E-state index contributed by atoms with van der Waals surface area (Å²) in [5, 5.41) is 15.4. The van der Waals surface area contributed by atoms with Gasteiger partial charge < -0.3 is 25.5 Å². The number of aromatic amines is 1. The number of urea groups is 1. The number of carboxylic acids is 1. The van der Waals surface area contributed by atoms with Crippen LogP contribution >= 0.6 is 0 Å². The number of benzene rings is 2. The van der Waals surface area contributed by atoms with E-state index in [1.54, 1.807) is 6.20 Å². The van der Waals surface area contributed by atoms with Crippen LogP contribution in [0.2, 0.25) is 0 Å². The third kappa shape index (κ3) is 5.00. The number of ether oxygens (including phenoxy) is 1. The van der Waals surface area contributed by atoms with Crippen molar-refractivity contribution in [3.8, 4) is 5.75 Å². The fourth-order valence-corrected chi connectivity index (χ4v) is 2.79. The highest BCUT2D eigenvalue weighted by atomic mass is 19.1. The lowest BCUT2D eigenvalue weighted by atomic mass is 10.1. The van der Waals surface area contributed by atoms with Crippen LogP contribution in [0.4, 0.5) is 9.18 Å². The lowest BCUT2D eigenvalue weighted by Crippen LogP contribution is -2.47. The van der Waals surface area contributed by atoms with Crippen LogP contribution in [-0.4, -0.2) is 41.3 Å². The second-order valence-electron chi connectivity index (χ2n) is 6.16. The Morgan fingerprint density at radius 3 is 2.64 bits per heavy atom. The zero-order valence-electron chi connectivity index (χ0n) is 14.9. The topological polar surface area (TPSA) is 103 Å². The monoisotopic (exact) mass is 385 g/mol. The maximum Gasteiger partial charge on any atom is 0.326 e. The minimum absolute atomic E-state index is 0.152. The molecule has 1 unspecified atom stereocenters. The fourth-order valence-electron chi connectivity index (χ4n) is 2.79. The smallest absolute Gasteiger partial charge is 0.326 e. The average Bonchev–Trinajstić information content (AvgIpc) is 3.09. The number of fused-ring (bicyclic) bond motifs is 1. The number of hydrogen-bond donors (Lipinski definition) is 4. The number of nitrogens with one attached hydrogen (secondary N) is 3. The van der Waals surface area contributed by atoms with Gasteiger partial charge in [0.25, 0.3) is 0 Å². The Morgan fingerprint density at radius 1 is 1.14 bits per heavy atom. The van der Waals surface area contributed by atoms with Gasteiger partial charge in [0, 0.05) is 23.5 Å². The van der Waals surface area contributed by atoms with Crippen LogP contribution < -0.4 is 15.4 Å². The molecular weight excluding hydrogens is 365 g/mol. The molecule has 0 fully saturated rings. The molecule has 0 aliphatic carbocycles. The number of aromatic nitrogens is 1. The minimum Gasteiger partial charge on any atom is -0.492 e. The van der Waals surface area contributed by atoms with Crippen molar-refractivity contribution in [2.24, 2.45) is 0 Å². The fraction of sp³-hybridized carbons (Fsp3) is 0.200. The number of carboxylic acid groups (broad SMARTS) is 1. The number of carbonyl (C=O) groups excluding carboxylic acids is 1. The number of hydrogen-bond acceptors (Lipinski definition) is 3. The summed E-state index contributed by atoms with van der Waals surface area (Å²) in [6.45, 7) is 0.335. The summed E-state index contributed by atoms with van der Waals surface area (Å²) >= 11 is 0. The van der Waals surface area contributed by atoms with Crippen LogP contribution in [0.5, 0.6) is 5.75 Å². The molecule has 0 saturated heterocycles. The molecule has 0 saturated carbocycles. The Kier molecular flexibility index (Phi) is 6.11. The zero-order valence-corrected chi connectivity index (χ0v) is 14.9. The van der Waals surface area contributed by atoms with Gasteiger partial charge >= 0.3 is 12.0 Å². The summed E-state index contributed by atoms with van der Waals surface area (Å²) < 4.78 is 18.2. The molecule has 0 bridgehead atoms. The van der Waals surface area contributed by atoms with E-state index in [-0.39, 0.29) is 25.4 Å². The number of carbonyl (C=O) groups is 2. The molecule has 0 aliphatic rings. The van der Waals surface area contributed by atoms with Crippen molar-refractivity contribution in [2.45, 2.75) is 12.5 Å². The highest BCUT2D eigenvalue weighted by Gasteiger charge is 2.21. The van der Waals surface area contributed by atoms with E-state index in [9.17, 15) is 19.1 Å². The van der Waals surface area contributed by atoms with E-state index < -0.39 is 18.0 Å². The predicted molar refractivity (Wildman–Crippen MR) is 102 cm³/mol. The van der Waals surface area contributed by atoms with Crippen molar-refractivity contribution in [1.82, 2.24) is 15.6 Å². The maximum absolute atomic E-state index is 12.8. The number of halogens is 1. The van der Waals surface area contributed by atoms with E-state index in [0.717, 1.165) is 16.5 Å². The van der Waals surface area contributed by atoms with Crippen LogP contribution in [0.25, 0.3) is 10.9 Å². The van der Waals surface area contributed by atoms with Gasteiger partial charge in [-0.1, -0.05) is 18.2 Å².